The molecule has 0 spiro atoms. The summed E-state index contributed by atoms with van der Waals surface area (Å²) in [6, 6.07) is 0.773. The summed E-state index contributed by atoms with van der Waals surface area (Å²) in [5.41, 5.74) is 0.638. The van der Waals surface area contributed by atoms with Gasteiger partial charge in [-0.25, -0.2) is 0 Å². The van der Waals surface area contributed by atoms with E-state index in [-0.39, 0.29) is 0 Å². The van der Waals surface area contributed by atoms with Gasteiger partial charge < -0.3 is 5.32 Å². The molecule has 0 aromatic rings. The molecule has 4 bridgehead atoms. The summed E-state index contributed by atoms with van der Waals surface area (Å²) in [6.07, 6.45) is 12.0. The highest BCUT2D eigenvalue weighted by Crippen LogP contribution is 2.58. The van der Waals surface area contributed by atoms with Crippen LogP contribution in [0.15, 0.2) is 0 Å². The number of nitrogens with zero attached hydrogens (tertiary/aromatic N) is 1. The van der Waals surface area contributed by atoms with Crippen molar-refractivity contribution in [2.45, 2.75) is 76.8 Å². The lowest BCUT2D eigenvalue weighted by atomic mass is 9.52. The molecule has 4 saturated carbocycles. The number of likely N-dealkylation sites (tertiary alicyclic amines) is 1. The van der Waals surface area contributed by atoms with Crippen LogP contribution in [0, 0.1) is 23.7 Å². The molecule has 2 atom stereocenters. The minimum absolute atomic E-state index is 0.638. The maximum atomic E-state index is 3.79. The number of piperidine rings is 1. The molecular formula is C19H34N2. The first-order valence-corrected chi connectivity index (χ1v) is 9.67. The smallest absolute Gasteiger partial charge is 0.0217 e. The van der Waals surface area contributed by atoms with Crippen LogP contribution in [-0.2, 0) is 0 Å². The Morgan fingerprint density at radius 1 is 1.05 bits per heavy atom. The summed E-state index contributed by atoms with van der Waals surface area (Å²) in [7, 11) is 0. The summed E-state index contributed by atoms with van der Waals surface area (Å²) in [4.78, 5) is 2.96. The van der Waals surface area contributed by atoms with Crippen LogP contribution < -0.4 is 5.32 Å². The lowest BCUT2D eigenvalue weighted by Gasteiger charge is -2.62. The molecular weight excluding hydrogens is 256 g/mol. The maximum absolute atomic E-state index is 3.79. The number of hydrogen-bond donors (Lipinski definition) is 1. The van der Waals surface area contributed by atoms with E-state index in [0.717, 1.165) is 29.7 Å². The van der Waals surface area contributed by atoms with Crippen LogP contribution in [0.2, 0.25) is 0 Å². The molecule has 4 aliphatic carbocycles. The topological polar surface area (TPSA) is 15.3 Å². The molecule has 5 rings (SSSR count). The van der Waals surface area contributed by atoms with E-state index in [1.165, 1.54) is 32.5 Å². The Kier molecular flexibility index (Phi) is 3.82. The Morgan fingerprint density at radius 2 is 1.67 bits per heavy atom. The van der Waals surface area contributed by atoms with Crippen molar-refractivity contribution < 1.29 is 0 Å². The van der Waals surface area contributed by atoms with Gasteiger partial charge in [0, 0.05) is 24.7 Å². The van der Waals surface area contributed by atoms with E-state index in [1.54, 1.807) is 38.5 Å². The zero-order chi connectivity index (χ0) is 14.4. The zero-order valence-electron chi connectivity index (χ0n) is 14.1. The predicted molar refractivity (Wildman–Crippen MR) is 88.3 cm³/mol. The third kappa shape index (κ3) is 2.57. The van der Waals surface area contributed by atoms with E-state index in [4.69, 9.17) is 0 Å². The van der Waals surface area contributed by atoms with Gasteiger partial charge in [0.05, 0.1) is 0 Å². The zero-order valence-corrected chi connectivity index (χ0v) is 14.1. The molecule has 120 valence electrons. The van der Waals surface area contributed by atoms with Crippen LogP contribution >= 0.6 is 0 Å². The second-order valence-corrected chi connectivity index (χ2v) is 8.91. The molecule has 2 unspecified atom stereocenters. The van der Waals surface area contributed by atoms with Crippen LogP contribution in [0.25, 0.3) is 0 Å². The fourth-order valence-corrected chi connectivity index (χ4v) is 6.66. The van der Waals surface area contributed by atoms with Crippen molar-refractivity contribution in [2.75, 3.05) is 19.6 Å². The molecule has 1 saturated heterocycles. The van der Waals surface area contributed by atoms with Crippen LogP contribution in [-0.4, -0.2) is 36.1 Å². The van der Waals surface area contributed by atoms with Gasteiger partial charge in [0.15, 0.2) is 0 Å². The van der Waals surface area contributed by atoms with Gasteiger partial charge in [0.25, 0.3) is 0 Å². The second-order valence-electron chi connectivity index (χ2n) is 8.91. The molecule has 1 heterocycles. The summed E-state index contributed by atoms with van der Waals surface area (Å²) in [5.74, 6) is 4.09. The number of nitrogens with one attached hydrogen (secondary N) is 1. The summed E-state index contributed by atoms with van der Waals surface area (Å²) in [5, 5.41) is 3.79. The van der Waals surface area contributed by atoms with Gasteiger partial charge in [-0.2, -0.15) is 0 Å². The molecule has 5 aliphatic rings. The lowest BCUT2D eigenvalue weighted by Crippen LogP contribution is -2.63. The highest BCUT2D eigenvalue weighted by atomic mass is 15.2. The van der Waals surface area contributed by atoms with Gasteiger partial charge in [-0.3, -0.25) is 4.90 Å². The molecule has 0 radical (unpaired) electrons. The predicted octanol–water partition coefficient (Wildman–Crippen LogP) is 3.67. The molecule has 1 N–H and O–H groups in total. The van der Waals surface area contributed by atoms with E-state index < -0.39 is 0 Å². The summed E-state index contributed by atoms with van der Waals surface area (Å²) < 4.78 is 0. The standard InChI is InChI=1S/C19H34N2/c1-3-5-20-18-4-6-21(13-14(18)2)19-10-15-7-16(11-19)9-17(8-15)12-19/h14-18,20H,3-13H2,1-2H3. The highest BCUT2D eigenvalue weighted by Gasteiger charge is 2.54. The quantitative estimate of drug-likeness (QED) is 0.850. The van der Waals surface area contributed by atoms with Crippen molar-refractivity contribution >= 4 is 0 Å². The number of rotatable bonds is 4. The maximum Gasteiger partial charge on any atom is 0.0217 e. The van der Waals surface area contributed by atoms with Crippen molar-refractivity contribution in [3.63, 3.8) is 0 Å². The van der Waals surface area contributed by atoms with Crippen molar-refractivity contribution in [3.05, 3.63) is 0 Å². The Morgan fingerprint density at radius 3 is 2.19 bits per heavy atom. The minimum atomic E-state index is 0.638. The van der Waals surface area contributed by atoms with Crippen LogP contribution in [0.3, 0.4) is 0 Å². The third-order valence-corrected chi connectivity index (χ3v) is 7.24. The van der Waals surface area contributed by atoms with E-state index in [2.05, 4.69) is 24.1 Å². The number of hydrogen-bond acceptors (Lipinski definition) is 2. The van der Waals surface area contributed by atoms with E-state index in [9.17, 15) is 0 Å². The molecule has 0 amide bonds. The van der Waals surface area contributed by atoms with Crippen molar-refractivity contribution in [3.8, 4) is 0 Å². The van der Waals surface area contributed by atoms with Crippen LogP contribution in [0.4, 0.5) is 0 Å². The van der Waals surface area contributed by atoms with Gasteiger partial charge in [-0.1, -0.05) is 13.8 Å². The van der Waals surface area contributed by atoms with E-state index in [1.807, 2.05) is 0 Å². The summed E-state index contributed by atoms with van der Waals surface area (Å²) in [6.45, 7) is 8.68. The Bertz CT molecular complexity index is 342. The fourth-order valence-electron chi connectivity index (χ4n) is 6.66. The first-order chi connectivity index (χ1) is 10.2. The van der Waals surface area contributed by atoms with Gasteiger partial charge in [-0.15, -0.1) is 0 Å². The molecule has 21 heavy (non-hydrogen) atoms. The lowest BCUT2D eigenvalue weighted by molar-refractivity contribution is -0.103. The first-order valence-electron chi connectivity index (χ1n) is 9.67. The molecule has 2 nitrogen and oxygen atoms in total. The SMILES string of the molecule is CCCNC1CCN(C23CC4CC(CC(C4)C2)C3)CC1C. The van der Waals surface area contributed by atoms with Crippen LogP contribution in [0.5, 0.6) is 0 Å². The minimum Gasteiger partial charge on any atom is -0.314 e. The average molecular weight is 290 g/mol. The van der Waals surface area contributed by atoms with Gasteiger partial charge >= 0.3 is 0 Å². The Balaban J connectivity index is 1.43. The van der Waals surface area contributed by atoms with Crippen molar-refractivity contribution in [1.29, 1.82) is 0 Å². The molecule has 2 heteroatoms. The molecule has 0 aromatic heterocycles. The molecule has 5 fully saturated rings. The fraction of sp³-hybridized carbons (Fsp3) is 1.00. The largest absolute Gasteiger partial charge is 0.314 e. The van der Waals surface area contributed by atoms with Gasteiger partial charge in [0.1, 0.15) is 0 Å². The van der Waals surface area contributed by atoms with E-state index >= 15 is 0 Å². The normalized spacial score (nSPS) is 49.7. The molecule has 0 aromatic carbocycles. The Hall–Kier alpha value is -0.0800. The molecule has 1 aliphatic heterocycles. The summed E-state index contributed by atoms with van der Waals surface area (Å²) >= 11 is 0. The van der Waals surface area contributed by atoms with Crippen LogP contribution in [0.1, 0.15) is 65.2 Å². The van der Waals surface area contributed by atoms with Crippen molar-refractivity contribution in [1.82, 2.24) is 10.2 Å². The van der Waals surface area contributed by atoms with Gasteiger partial charge in [0.2, 0.25) is 0 Å². The Labute approximate surface area is 131 Å². The monoisotopic (exact) mass is 290 g/mol. The van der Waals surface area contributed by atoms with Gasteiger partial charge in [-0.05, 0) is 81.6 Å². The second kappa shape index (κ2) is 5.53. The van der Waals surface area contributed by atoms with Crippen molar-refractivity contribution in [2.24, 2.45) is 23.7 Å². The average Bonchev–Trinajstić information content (AvgIpc) is 2.44. The third-order valence-electron chi connectivity index (χ3n) is 7.24. The first kappa shape index (κ1) is 14.5. The highest BCUT2D eigenvalue weighted by molar-refractivity contribution is 5.08. The van der Waals surface area contributed by atoms with E-state index in [0.29, 0.717) is 5.54 Å².